The normalized spacial score (nSPS) is 10.4. The molecule has 1 rings (SSSR count). The third kappa shape index (κ3) is 5.18. The first-order valence-electron chi connectivity index (χ1n) is 3.51. The van der Waals surface area contributed by atoms with Gasteiger partial charge in [-0.05, 0) is 0 Å². The standard InChI is InChI=1S/C5H9N2.C2HF3O2/c1-6-3-4-7(2)5-6;3-2(4,5)1(6)7/h3-5H,1-2H3;(H,6,7)/q+1;. The zero-order valence-electron chi connectivity index (χ0n) is 7.62. The number of carbonyl (C=O) groups is 1. The Balaban J connectivity index is 0.000000241. The van der Waals surface area contributed by atoms with Crippen molar-refractivity contribution >= 4 is 5.97 Å². The smallest absolute Gasteiger partial charge is 0.475 e. The van der Waals surface area contributed by atoms with Gasteiger partial charge in [-0.1, -0.05) is 0 Å². The fourth-order valence-corrected chi connectivity index (χ4v) is 0.575. The molecule has 1 N–H and O–H groups in total. The molecule has 0 aromatic carbocycles. The average Bonchev–Trinajstić information content (AvgIpc) is 2.33. The Labute approximate surface area is 78.2 Å². The van der Waals surface area contributed by atoms with Gasteiger partial charge in [0.05, 0.1) is 14.1 Å². The van der Waals surface area contributed by atoms with Crippen LogP contribution in [0.5, 0.6) is 0 Å². The van der Waals surface area contributed by atoms with Gasteiger partial charge in [0.2, 0.25) is 6.33 Å². The topological polar surface area (TPSA) is 46.1 Å². The van der Waals surface area contributed by atoms with Crippen LogP contribution in [-0.4, -0.2) is 21.8 Å². The van der Waals surface area contributed by atoms with Crippen LogP contribution in [0.2, 0.25) is 0 Å². The van der Waals surface area contributed by atoms with Gasteiger partial charge in [-0.15, -0.1) is 0 Å². The molecule has 1 heterocycles. The van der Waals surface area contributed by atoms with Crippen LogP contribution < -0.4 is 4.57 Å². The highest BCUT2D eigenvalue weighted by atomic mass is 19.4. The van der Waals surface area contributed by atoms with Crippen molar-refractivity contribution in [1.82, 2.24) is 4.57 Å². The third-order valence-electron chi connectivity index (χ3n) is 1.14. The van der Waals surface area contributed by atoms with E-state index in [4.69, 9.17) is 9.90 Å². The van der Waals surface area contributed by atoms with E-state index in [0.29, 0.717) is 0 Å². The molecule has 1 aromatic heterocycles. The monoisotopic (exact) mass is 211 g/mol. The summed E-state index contributed by atoms with van der Waals surface area (Å²) in [5, 5.41) is 7.12. The second kappa shape index (κ2) is 4.64. The Bertz CT molecular complexity index is 290. The molecular formula is C7H10F3N2O2+. The van der Waals surface area contributed by atoms with Gasteiger partial charge in [0, 0.05) is 0 Å². The van der Waals surface area contributed by atoms with E-state index in [-0.39, 0.29) is 0 Å². The highest BCUT2D eigenvalue weighted by molar-refractivity contribution is 5.73. The molecule has 0 saturated heterocycles. The SMILES string of the molecule is Cn1cc[n+](C)c1.O=C(O)C(F)(F)F. The quantitative estimate of drug-likeness (QED) is 0.634. The number of rotatable bonds is 0. The summed E-state index contributed by atoms with van der Waals surface area (Å²) in [4.78, 5) is 8.90. The maximum Gasteiger partial charge on any atom is 0.490 e. The molecule has 0 amide bonds. The lowest BCUT2D eigenvalue weighted by molar-refractivity contribution is -0.670. The van der Waals surface area contributed by atoms with E-state index in [1.165, 1.54) is 0 Å². The number of aliphatic carboxylic acids is 1. The largest absolute Gasteiger partial charge is 0.490 e. The minimum Gasteiger partial charge on any atom is -0.475 e. The fraction of sp³-hybridized carbons (Fsp3) is 0.429. The summed E-state index contributed by atoms with van der Waals surface area (Å²) in [6.07, 6.45) is 0.917. The molecule has 0 aliphatic heterocycles. The number of halogens is 3. The first kappa shape index (κ1) is 12.5. The number of imidazole rings is 1. The molecule has 0 unspecified atom stereocenters. The summed E-state index contributed by atoms with van der Waals surface area (Å²) < 4.78 is 35.7. The predicted octanol–water partition coefficient (Wildman–Crippen LogP) is 0.483. The van der Waals surface area contributed by atoms with Gasteiger partial charge in [0.25, 0.3) is 0 Å². The molecule has 0 aliphatic rings. The highest BCUT2D eigenvalue weighted by Gasteiger charge is 2.38. The van der Waals surface area contributed by atoms with Crippen molar-refractivity contribution in [1.29, 1.82) is 0 Å². The first-order valence-corrected chi connectivity index (χ1v) is 3.51. The van der Waals surface area contributed by atoms with Crippen LogP contribution in [0.4, 0.5) is 13.2 Å². The number of nitrogens with zero attached hydrogens (tertiary/aromatic N) is 2. The third-order valence-corrected chi connectivity index (χ3v) is 1.14. The van der Waals surface area contributed by atoms with E-state index in [1.807, 2.05) is 42.0 Å². The molecule has 4 nitrogen and oxygen atoms in total. The van der Waals surface area contributed by atoms with E-state index in [0.717, 1.165) is 0 Å². The Morgan fingerprint density at radius 3 is 2.00 bits per heavy atom. The van der Waals surface area contributed by atoms with Crippen LogP contribution in [0.1, 0.15) is 0 Å². The molecular weight excluding hydrogens is 201 g/mol. The molecule has 80 valence electrons. The minimum atomic E-state index is -5.08. The summed E-state index contributed by atoms with van der Waals surface area (Å²) >= 11 is 0. The van der Waals surface area contributed by atoms with E-state index in [1.54, 1.807) is 0 Å². The van der Waals surface area contributed by atoms with Crippen molar-refractivity contribution in [3.8, 4) is 0 Å². The van der Waals surface area contributed by atoms with Crippen molar-refractivity contribution in [2.75, 3.05) is 0 Å². The molecule has 0 fully saturated rings. The predicted molar refractivity (Wildman–Crippen MR) is 40.3 cm³/mol. The van der Waals surface area contributed by atoms with Crippen molar-refractivity contribution < 1.29 is 27.6 Å². The summed E-state index contributed by atoms with van der Waals surface area (Å²) in [5.41, 5.74) is 0. The van der Waals surface area contributed by atoms with Crippen LogP contribution in [0.25, 0.3) is 0 Å². The first-order chi connectivity index (χ1) is 6.23. The van der Waals surface area contributed by atoms with Gasteiger partial charge >= 0.3 is 12.1 Å². The molecule has 1 aromatic rings. The zero-order valence-corrected chi connectivity index (χ0v) is 7.62. The molecule has 14 heavy (non-hydrogen) atoms. The molecule has 0 saturated carbocycles. The zero-order chi connectivity index (χ0) is 11.4. The minimum absolute atomic E-state index is 2.00. The summed E-state index contributed by atoms with van der Waals surface area (Å²) in [7, 11) is 4.00. The van der Waals surface area contributed by atoms with E-state index in [9.17, 15) is 13.2 Å². The summed E-state index contributed by atoms with van der Waals surface area (Å²) in [5.74, 6) is -2.76. The fourth-order valence-electron chi connectivity index (χ4n) is 0.575. The van der Waals surface area contributed by atoms with Crippen molar-refractivity contribution in [3.63, 3.8) is 0 Å². The Kier molecular flexibility index (Phi) is 4.13. The van der Waals surface area contributed by atoms with Crippen LogP contribution >= 0.6 is 0 Å². The van der Waals surface area contributed by atoms with E-state index in [2.05, 4.69) is 0 Å². The molecule has 0 radical (unpaired) electrons. The number of alkyl halides is 3. The highest BCUT2D eigenvalue weighted by Crippen LogP contribution is 2.13. The maximum atomic E-state index is 10.6. The molecule has 0 atom stereocenters. The number of hydrogen-bond acceptors (Lipinski definition) is 1. The Morgan fingerprint density at radius 2 is 1.93 bits per heavy atom. The van der Waals surface area contributed by atoms with Gasteiger partial charge in [-0.25, -0.2) is 13.9 Å². The number of carboxylic acid groups (broad SMARTS) is 1. The van der Waals surface area contributed by atoms with Crippen LogP contribution in [0.15, 0.2) is 18.7 Å². The summed E-state index contributed by atoms with van der Waals surface area (Å²) in [6, 6.07) is 0. The van der Waals surface area contributed by atoms with Crippen molar-refractivity contribution in [3.05, 3.63) is 18.7 Å². The van der Waals surface area contributed by atoms with E-state index < -0.39 is 12.1 Å². The second-order valence-corrected chi connectivity index (χ2v) is 2.55. The number of hydrogen-bond donors (Lipinski definition) is 1. The van der Waals surface area contributed by atoms with Crippen LogP contribution in [0.3, 0.4) is 0 Å². The average molecular weight is 211 g/mol. The number of carboxylic acids is 1. The lowest BCUT2D eigenvalue weighted by atomic mass is 10.7. The van der Waals surface area contributed by atoms with Crippen LogP contribution in [0, 0.1) is 0 Å². The van der Waals surface area contributed by atoms with Gasteiger partial charge in [0.15, 0.2) is 0 Å². The van der Waals surface area contributed by atoms with Crippen LogP contribution in [-0.2, 0) is 18.9 Å². The van der Waals surface area contributed by atoms with Gasteiger partial charge in [-0.3, -0.25) is 0 Å². The molecule has 7 heteroatoms. The Morgan fingerprint density at radius 1 is 1.50 bits per heavy atom. The molecule has 0 aliphatic carbocycles. The van der Waals surface area contributed by atoms with Gasteiger partial charge < -0.3 is 5.11 Å². The van der Waals surface area contributed by atoms with Crippen molar-refractivity contribution in [2.45, 2.75) is 6.18 Å². The maximum absolute atomic E-state index is 10.6. The van der Waals surface area contributed by atoms with Gasteiger partial charge in [-0.2, -0.15) is 13.2 Å². The number of aryl methyl sites for hydroxylation is 2. The number of aromatic nitrogens is 2. The van der Waals surface area contributed by atoms with Crippen molar-refractivity contribution in [2.24, 2.45) is 14.1 Å². The molecule has 0 bridgehead atoms. The van der Waals surface area contributed by atoms with E-state index >= 15 is 0 Å². The molecule has 0 spiro atoms. The second-order valence-electron chi connectivity index (χ2n) is 2.55. The lowest BCUT2D eigenvalue weighted by Crippen LogP contribution is -2.23. The lowest BCUT2D eigenvalue weighted by Gasteiger charge is -1.93. The van der Waals surface area contributed by atoms with Gasteiger partial charge in [0.1, 0.15) is 12.4 Å². The Hall–Kier alpha value is -1.53. The summed E-state index contributed by atoms with van der Waals surface area (Å²) in [6.45, 7) is 0.